The second-order valence-electron chi connectivity index (χ2n) is 4.46. The van der Waals surface area contributed by atoms with Gasteiger partial charge in [0, 0.05) is 5.54 Å². The lowest BCUT2D eigenvalue weighted by atomic mass is 9.86. The smallest absolute Gasteiger partial charge is 0.118 e. The number of nitrogens with two attached hydrogens (primary N) is 1. The number of allylic oxidation sites excluding steroid dienone is 2. The molecule has 2 N–H and O–H groups in total. The van der Waals surface area contributed by atoms with E-state index >= 15 is 0 Å². The highest BCUT2D eigenvalue weighted by Crippen LogP contribution is 2.29. The Kier molecular flexibility index (Phi) is 2.84. The number of methoxy groups -OCH3 is 1. The fraction of sp³-hybridized carbons (Fsp3) is 0.286. The first-order valence-corrected chi connectivity index (χ1v) is 5.42. The van der Waals surface area contributed by atoms with Gasteiger partial charge in [-0.25, -0.2) is 0 Å². The number of rotatable bonds is 2. The van der Waals surface area contributed by atoms with E-state index in [1.54, 1.807) is 7.11 Å². The van der Waals surface area contributed by atoms with E-state index in [9.17, 15) is 0 Å². The fourth-order valence-corrected chi connectivity index (χ4v) is 1.92. The molecule has 0 saturated heterocycles. The Bertz CT molecular complexity index is 427. The highest BCUT2D eigenvalue weighted by atomic mass is 16.5. The van der Waals surface area contributed by atoms with Gasteiger partial charge in [-0.15, -0.1) is 0 Å². The molecule has 1 aromatic carbocycles. The molecule has 1 aromatic rings. The van der Waals surface area contributed by atoms with Crippen LogP contribution in [0.4, 0.5) is 0 Å². The molecule has 0 saturated carbocycles. The molecule has 0 aromatic heterocycles. The summed E-state index contributed by atoms with van der Waals surface area (Å²) in [6.07, 6.45) is 7.06. The molecule has 0 radical (unpaired) electrons. The normalized spacial score (nSPS) is 24.1. The van der Waals surface area contributed by atoms with Crippen molar-refractivity contribution in [1.29, 1.82) is 0 Å². The Morgan fingerprint density at radius 2 is 1.94 bits per heavy atom. The van der Waals surface area contributed by atoms with Crippen LogP contribution in [0.25, 0.3) is 5.57 Å². The lowest BCUT2D eigenvalue weighted by Crippen LogP contribution is -2.34. The van der Waals surface area contributed by atoms with Crippen molar-refractivity contribution in [2.24, 2.45) is 5.73 Å². The average Bonchev–Trinajstić information content (AvgIpc) is 2.28. The molecule has 0 amide bonds. The predicted octanol–water partition coefficient (Wildman–Crippen LogP) is 2.76. The second kappa shape index (κ2) is 4.14. The minimum absolute atomic E-state index is 0.232. The van der Waals surface area contributed by atoms with Gasteiger partial charge in [0.2, 0.25) is 0 Å². The minimum atomic E-state index is -0.232. The van der Waals surface area contributed by atoms with Gasteiger partial charge in [-0.2, -0.15) is 0 Å². The van der Waals surface area contributed by atoms with Gasteiger partial charge >= 0.3 is 0 Å². The number of benzene rings is 1. The van der Waals surface area contributed by atoms with Crippen LogP contribution in [0.2, 0.25) is 0 Å². The van der Waals surface area contributed by atoms with E-state index in [0.29, 0.717) is 0 Å². The molecule has 0 bridgehead atoms. The van der Waals surface area contributed by atoms with Crippen molar-refractivity contribution in [2.75, 3.05) is 7.11 Å². The molecule has 1 aliphatic carbocycles. The first kappa shape index (κ1) is 11.0. The third kappa shape index (κ3) is 2.34. The summed E-state index contributed by atoms with van der Waals surface area (Å²) < 4.78 is 5.14. The van der Waals surface area contributed by atoms with Gasteiger partial charge in [0.25, 0.3) is 0 Å². The molecule has 2 nitrogen and oxygen atoms in total. The topological polar surface area (TPSA) is 35.2 Å². The van der Waals surface area contributed by atoms with Gasteiger partial charge in [-0.1, -0.05) is 30.4 Å². The zero-order chi connectivity index (χ0) is 11.6. The monoisotopic (exact) mass is 215 g/mol. The first-order valence-electron chi connectivity index (χ1n) is 5.42. The van der Waals surface area contributed by atoms with E-state index in [1.165, 1.54) is 11.1 Å². The average molecular weight is 215 g/mol. The summed E-state index contributed by atoms with van der Waals surface area (Å²) in [6, 6.07) is 8.09. The molecule has 2 rings (SSSR count). The first-order chi connectivity index (χ1) is 7.61. The summed E-state index contributed by atoms with van der Waals surface area (Å²) in [7, 11) is 1.68. The number of hydrogen-bond acceptors (Lipinski definition) is 2. The standard InChI is InChI=1S/C14H17NO/c1-14(15)9-3-4-12(10-14)11-5-7-13(16-2)8-6-11/h3-9H,10,15H2,1-2H3. The van der Waals surface area contributed by atoms with Crippen LogP contribution in [0.5, 0.6) is 5.75 Å². The summed E-state index contributed by atoms with van der Waals surface area (Å²) >= 11 is 0. The molecule has 0 heterocycles. The van der Waals surface area contributed by atoms with Crippen LogP contribution in [0.3, 0.4) is 0 Å². The van der Waals surface area contributed by atoms with E-state index in [-0.39, 0.29) is 5.54 Å². The summed E-state index contributed by atoms with van der Waals surface area (Å²) in [6.45, 7) is 2.04. The van der Waals surface area contributed by atoms with E-state index in [4.69, 9.17) is 10.5 Å². The summed E-state index contributed by atoms with van der Waals surface area (Å²) in [5.41, 5.74) is 8.36. The molecule has 1 unspecified atom stereocenters. The van der Waals surface area contributed by atoms with Gasteiger partial charge in [0.15, 0.2) is 0 Å². The van der Waals surface area contributed by atoms with Crippen molar-refractivity contribution in [3.8, 4) is 5.75 Å². The Hall–Kier alpha value is -1.54. The van der Waals surface area contributed by atoms with Crippen molar-refractivity contribution < 1.29 is 4.74 Å². The molecule has 0 spiro atoms. The maximum atomic E-state index is 6.11. The molecule has 84 valence electrons. The highest BCUT2D eigenvalue weighted by Gasteiger charge is 2.19. The van der Waals surface area contributed by atoms with Crippen molar-refractivity contribution in [1.82, 2.24) is 0 Å². The second-order valence-corrected chi connectivity index (χ2v) is 4.46. The van der Waals surface area contributed by atoms with Gasteiger partial charge in [0.1, 0.15) is 5.75 Å². The molecule has 1 atom stereocenters. The molecule has 0 fully saturated rings. The minimum Gasteiger partial charge on any atom is -0.497 e. The lowest BCUT2D eigenvalue weighted by Gasteiger charge is -2.25. The summed E-state index contributed by atoms with van der Waals surface area (Å²) in [4.78, 5) is 0. The quantitative estimate of drug-likeness (QED) is 0.823. The number of ether oxygens (including phenoxy) is 1. The third-order valence-corrected chi connectivity index (χ3v) is 2.81. The van der Waals surface area contributed by atoms with Crippen molar-refractivity contribution in [3.05, 3.63) is 48.1 Å². The molecular weight excluding hydrogens is 198 g/mol. The van der Waals surface area contributed by atoms with Gasteiger partial charge in [-0.3, -0.25) is 0 Å². The van der Waals surface area contributed by atoms with Crippen LogP contribution >= 0.6 is 0 Å². The highest BCUT2D eigenvalue weighted by molar-refractivity contribution is 5.70. The van der Waals surface area contributed by atoms with E-state index < -0.39 is 0 Å². The molecule has 2 heteroatoms. The van der Waals surface area contributed by atoms with Crippen LogP contribution < -0.4 is 10.5 Å². The van der Waals surface area contributed by atoms with E-state index in [2.05, 4.69) is 18.2 Å². The van der Waals surface area contributed by atoms with Crippen LogP contribution in [0.15, 0.2) is 42.5 Å². The Balaban J connectivity index is 2.25. The number of hydrogen-bond donors (Lipinski definition) is 1. The van der Waals surface area contributed by atoms with Crippen LogP contribution in [0, 0.1) is 0 Å². The van der Waals surface area contributed by atoms with Crippen molar-refractivity contribution >= 4 is 5.57 Å². The Morgan fingerprint density at radius 3 is 2.50 bits per heavy atom. The summed E-state index contributed by atoms with van der Waals surface area (Å²) in [5.74, 6) is 0.881. The van der Waals surface area contributed by atoms with E-state index in [0.717, 1.165) is 12.2 Å². The SMILES string of the molecule is COc1ccc(C2=CC=CC(C)(N)C2)cc1. The van der Waals surface area contributed by atoms with Crippen LogP contribution in [-0.4, -0.2) is 12.6 Å². The largest absolute Gasteiger partial charge is 0.497 e. The summed E-state index contributed by atoms with van der Waals surface area (Å²) in [5, 5.41) is 0. The van der Waals surface area contributed by atoms with Gasteiger partial charge in [0.05, 0.1) is 7.11 Å². The van der Waals surface area contributed by atoms with Crippen LogP contribution in [0.1, 0.15) is 18.9 Å². The van der Waals surface area contributed by atoms with Crippen LogP contribution in [-0.2, 0) is 0 Å². The Morgan fingerprint density at radius 1 is 1.25 bits per heavy atom. The third-order valence-electron chi connectivity index (χ3n) is 2.81. The predicted molar refractivity (Wildman–Crippen MR) is 67.3 cm³/mol. The fourth-order valence-electron chi connectivity index (χ4n) is 1.92. The van der Waals surface area contributed by atoms with Gasteiger partial charge in [-0.05, 0) is 36.6 Å². The van der Waals surface area contributed by atoms with E-state index in [1.807, 2.05) is 31.2 Å². The zero-order valence-corrected chi connectivity index (χ0v) is 9.73. The maximum Gasteiger partial charge on any atom is 0.118 e. The van der Waals surface area contributed by atoms with Crippen molar-refractivity contribution in [2.45, 2.75) is 18.9 Å². The molecule has 0 aliphatic heterocycles. The maximum absolute atomic E-state index is 6.11. The lowest BCUT2D eigenvalue weighted by molar-refractivity contribution is 0.415. The van der Waals surface area contributed by atoms with Crippen molar-refractivity contribution in [3.63, 3.8) is 0 Å². The molecule has 1 aliphatic rings. The molecular formula is C14H17NO. The van der Waals surface area contributed by atoms with Gasteiger partial charge < -0.3 is 10.5 Å². The Labute approximate surface area is 96.4 Å². The molecule has 16 heavy (non-hydrogen) atoms. The zero-order valence-electron chi connectivity index (χ0n) is 9.73.